The van der Waals surface area contributed by atoms with E-state index in [1.807, 2.05) is 29.8 Å². The van der Waals surface area contributed by atoms with Crippen molar-refractivity contribution in [2.45, 2.75) is 90.4 Å². The SMILES string of the molecule is CCCCC[C@H](O)C=C[C@@H]1[C@H]2CC(CSCCC(=O)N(C)C(C)(C)C)=C[C@H]2C[C@H]1O. The van der Waals surface area contributed by atoms with Gasteiger partial charge in [-0.25, -0.2) is 0 Å². The first-order valence-corrected chi connectivity index (χ1v) is 12.9. The Morgan fingerprint density at radius 1 is 1.37 bits per heavy atom. The van der Waals surface area contributed by atoms with Gasteiger partial charge in [-0.2, -0.15) is 11.8 Å². The minimum Gasteiger partial charge on any atom is -0.392 e. The fraction of sp³-hybridized carbons (Fsp3) is 0.800. The molecular weight excluding hydrogens is 394 g/mol. The minimum atomic E-state index is -0.393. The number of unbranched alkanes of at least 4 members (excludes halogenated alkanes) is 2. The summed E-state index contributed by atoms with van der Waals surface area (Å²) >= 11 is 1.84. The molecule has 2 rings (SSSR count). The molecular formula is C25H43NO3S. The lowest BCUT2D eigenvalue weighted by Crippen LogP contribution is -2.42. The largest absolute Gasteiger partial charge is 0.392 e. The Balaban J connectivity index is 1.75. The summed E-state index contributed by atoms with van der Waals surface area (Å²) in [5.74, 6) is 3.10. The third-order valence-electron chi connectivity index (χ3n) is 6.74. The number of aliphatic hydroxyl groups is 2. The van der Waals surface area contributed by atoms with Gasteiger partial charge in [0.25, 0.3) is 0 Å². The van der Waals surface area contributed by atoms with Gasteiger partial charge >= 0.3 is 0 Å². The van der Waals surface area contributed by atoms with Gasteiger partial charge in [-0.3, -0.25) is 4.79 Å². The number of aliphatic hydroxyl groups excluding tert-OH is 2. The molecule has 5 atom stereocenters. The van der Waals surface area contributed by atoms with E-state index in [4.69, 9.17) is 0 Å². The summed E-state index contributed by atoms with van der Waals surface area (Å²) in [6, 6.07) is 0. The van der Waals surface area contributed by atoms with E-state index < -0.39 is 6.10 Å². The average Bonchev–Trinajstić information content (AvgIpc) is 3.18. The van der Waals surface area contributed by atoms with Crippen LogP contribution in [0.5, 0.6) is 0 Å². The summed E-state index contributed by atoms with van der Waals surface area (Å²) in [6.07, 6.45) is 12.3. The van der Waals surface area contributed by atoms with Gasteiger partial charge in [0.2, 0.25) is 5.91 Å². The summed E-state index contributed by atoms with van der Waals surface area (Å²) in [4.78, 5) is 14.1. The highest BCUT2D eigenvalue weighted by Crippen LogP contribution is 2.47. The van der Waals surface area contributed by atoms with Crippen LogP contribution in [0.3, 0.4) is 0 Å². The van der Waals surface area contributed by atoms with Crippen molar-refractivity contribution in [3.8, 4) is 0 Å². The highest BCUT2D eigenvalue weighted by atomic mass is 32.2. The first-order valence-electron chi connectivity index (χ1n) is 11.7. The molecule has 1 saturated carbocycles. The van der Waals surface area contributed by atoms with Crippen molar-refractivity contribution in [3.05, 3.63) is 23.8 Å². The van der Waals surface area contributed by atoms with Crippen molar-refractivity contribution in [2.75, 3.05) is 18.6 Å². The van der Waals surface area contributed by atoms with Crippen molar-refractivity contribution in [1.29, 1.82) is 0 Å². The highest BCUT2D eigenvalue weighted by Gasteiger charge is 2.43. The van der Waals surface area contributed by atoms with Gasteiger partial charge in [0.05, 0.1) is 12.2 Å². The van der Waals surface area contributed by atoms with E-state index in [1.54, 1.807) is 0 Å². The average molecular weight is 438 g/mol. The fourth-order valence-electron chi connectivity index (χ4n) is 4.57. The molecule has 4 nitrogen and oxygen atoms in total. The van der Waals surface area contributed by atoms with Gasteiger partial charge in [-0.15, -0.1) is 0 Å². The molecule has 0 radical (unpaired) electrons. The smallest absolute Gasteiger partial charge is 0.223 e. The number of nitrogens with zero attached hydrogens (tertiary/aromatic N) is 1. The number of amides is 1. The van der Waals surface area contributed by atoms with Crippen LogP contribution >= 0.6 is 11.8 Å². The lowest BCUT2D eigenvalue weighted by molar-refractivity contribution is -0.133. The molecule has 2 aliphatic rings. The molecule has 0 aromatic heterocycles. The second-order valence-corrected chi connectivity index (χ2v) is 11.2. The lowest BCUT2D eigenvalue weighted by atomic mass is 9.89. The van der Waals surface area contributed by atoms with E-state index in [2.05, 4.69) is 39.8 Å². The number of fused-ring (bicyclic) bond motifs is 1. The molecule has 0 saturated heterocycles. The standard InChI is InChI=1S/C25H43NO3S/c1-6-7-8-9-20(27)10-11-21-22-15-18(14-19(22)16-23(21)28)17-30-13-12-24(29)26(5)25(2,3)4/h10-11,14,19-23,27-28H,6-9,12-13,15-17H2,1-5H3/t19-,20-,21+,22-,23+/m0/s1. The van der Waals surface area contributed by atoms with Crippen molar-refractivity contribution in [1.82, 2.24) is 4.90 Å². The number of thioether (sulfide) groups is 1. The molecule has 0 spiro atoms. The van der Waals surface area contributed by atoms with Crippen LogP contribution < -0.4 is 0 Å². The van der Waals surface area contributed by atoms with Crippen LogP contribution in [0.25, 0.3) is 0 Å². The molecule has 0 heterocycles. The molecule has 2 N–H and O–H groups in total. The Hall–Kier alpha value is -0.780. The number of allylic oxidation sites excluding steroid dienone is 1. The molecule has 172 valence electrons. The van der Waals surface area contributed by atoms with Gasteiger partial charge in [0, 0.05) is 36.4 Å². The van der Waals surface area contributed by atoms with Gasteiger partial charge in [0.15, 0.2) is 0 Å². The van der Waals surface area contributed by atoms with Crippen molar-refractivity contribution in [3.63, 3.8) is 0 Å². The Morgan fingerprint density at radius 2 is 2.10 bits per heavy atom. The van der Waals surface area contributed by atoms with E-state index in [1.165, 1.54) is 5.57 Å². The first kappa shape index (κ1) is 25.5. The summed E-state index contributed by atoms with van der Waals surface area (Å²) < 4.78 is 0. The second kappa shape index (κ2) is 11.7. The number of carbonyl (C=O) groups excluding carboxylic acids is 1. The summed E-state index contributed by atoms with van der Waals surface area (Å²) in [6.45, 7) is 8.35. The quantitative estimate of drug-likeness (QED) is 0.360. The van der Waals surface area contributed by atoms with Crippen LogP contribution in [-0.2, 0) is 4.79 Å². The molecule has 0 bridgehead atoms. The van der Waals surface area contributed by atoms with E-state index in [9.17, 15) is 15.0 Å². The van der Waals surface area contributed by atoms with Crippen molar-refractivity contribution in [2.24, 2.45) is 17.8 Å². The highest BCUT2D eigenvalue weighted by molar-refractivity contribution is 7.99. The number of carbonyl (C=O) groups is 1. The van der Waals surface area contributed by atoms with E-state index >= 15 is 0 Å². The van der Waals surface area contributed by atoms with Gasteiger partial charge < -0.3 is 15.1 Å². The topological polar surface area (TPSA) is 60.8 Å². The lowest BCUT2D eigenvalue weighted by Gasteiger charge is -2.32. The fourth-order valence-corrected chi connectivity index (χ4v) is 5.51. The summed E-state index contributed by atoms with van der Waals surface area (Å²) in [5.41, 5.74) is 1.33. The number of rotatable bonds is 11. The normalized spacial score (nSPS) is 27.4. The van der Waals surface area contributed by atoms with Gasteiger partial charge in [-0.05, 0) is 51.9 Å². The molecule has 0 unspecified atom stereocenters. The monoisotopic (exact) mass is 437 g/mol. The zero-order chi connectivity index (χ0) is 22.3. The number of hydrogen-bond donors (Lipinski definition) is 2. The van der Waals surface area contributed by atoms with Crippen LogP contribution in [0.4, 0.5) is 0 Å². The predicted molar refractivity (Wildman–Crippen MR) is 128 cm³/mol. The zero-order valence-corrected chi connectivity index (χ0v) is 20.5. The second-order valence-electron chi connectivity index (χ2n) is 10.1. The van der Waals surface area contributed by atoms with Crippen LogP contribution in [0.2, 0.25) is 0 Å². The van der Waals surface area contributed by atoms with Crippen molar-refractivity contribution >= 4 is 17.7 Å². The zero-order valence-electron chi connectivity index (χ0n) is 19.6. The van der Waals surface area contributed by atoms with Crippen LogP contribution in [0.15, 0.2) is 23.8 Å². The van der Waals surface area contributed by atoms with Crippen molar-refractivity contribution < 1.29 is 15.0 Å². The Labute approximate surface area is 188 Å². The molecule has 5 heteroatoms. The molecule has 1 amide bonds. The van der Waals surface area contributed by atoms with Crippen LogP contribution in [0.1, 0.15) is 72.6 Å². The third kappa shape index (κ3) is 7.42. The third-order valence-corrected chi connectivity index (χ3v) is 7.80. The molecule has 0 aromatic rings. The van der Waals surface area contributed by atoms with Crippen LogP contribution in [-0.4, -0.2) is 57.3 Å². The predicted octanol–water partition coefficient (Wildman–Crippen LogP) is 4.81. The maximum Gasteiger partial charge on any atom is 0.223 e. The van der Waals surface area contributed by atoms with Gasteiger partial charge in [-0.1, -0.05) is 50.0 Å². The molecule has 30 heavy (non-hydrogen) atoms. The molecule has 0 aromatic carbocycles. The minimum absolute atomic E-state index is 0.125. The van der Waals surface area contributed by atoms with E-state index in [0.29, 0.717) is 18.3 Å². The van der Waals surface area contributed by atoms with E-state index in [0.717, 1.165) is 50.0 Å². The van der Waals surface area contributed by atoms with Crippen LogP contribution in [0, 0.1) is 17.8 Å². The van der Waals surface area contributed by atoms with E-state index in [-0.39, 0.29) is 23.5 Å². The molecule has 1 fully saturated rings. The van der Waals surface area contributed by atoms with Gasteiger partial charge in [0.1, 0.15) is 0 Å². The Bertz CT molecular complexity index is 610. The first-order chi connectivity index (χ1) is 14.1. The summed E-state index contributed by atoms with van der Waals surface area (Å²) in [5, 5.41) is 20.7. The Morgan fingerprint density at radius 3 is 2.77 bits per heavy atom. The Kier molecular flexibility index (Phi) is 9.96. The number of hydrogen-bond acceptors (Lipinski definition) is 4. The molecule has 0 aliphatic heterocycles. The molecule has 2 aliphatic carbocycles. The maximum absolute atomic E-state index is 12.3. The maximum atomic E-state index is 12.3. The summed E-state index contributed by atoms with van der Waals surface area (Å²) in [7, 11) is 1.88.